The van der Waals surface area contributed by atoms with Gasteiger partial charge < -0.3 is 23.6 Å². The van der Waals surface area contributed by atoms with E-state index in [0.29, 0.717) is 0 Å². The normalized spacial score (nSPS) is 12.0. The van der Waals surface area contributed by atoms with E-state index in [9.17, 15) is 0 Å². The Balaban J connectivity index is 1.11. The number of fused-ring (bicyclic) bond motifs is 9. The second kappa shape index (κ2) is 14.4. The van der Waals surface area contributed by atoms with Crippen LogP contribution >= 0.6 is 0 Å². The topological polar surface area (TPSA) is 46.5 Å². The van der Waals surface area contributed by atoms with Crippen LogP contribution in [0, 0.1) is 6.92 Å². The molecule has 307 valence electrons. The maximum absolute atomic E-state index is 6.97. The predicted molar refractivity (Wildman–Crippen MR) is 273 cm³/mol. The Morgan fingerprint density at radius 2 is 1.22 bits per heavy atom. The standard InChI is InChI=1S/C59H41BN3O2/c1-35-29-45(43-31-44-42-21-13-14-22-52(42)64-54(44)34-49(43)61-40-24-26-41(27-25-40)62(2)3)57-58-55(35)46-30-39(36-15-7-4-8-16-36)23-28-50(46)63(58)51-32-47-53(33-48(51)60-57)65-59(38-19-11-6-12-20-38)56(47)37-17-9-5-10-18-37/h4-34,61H,1-3H3. The van der Waals surface area contributed by atoms with Crippen LogP contribution in [0.3, 0.4) is 0 Å². The van der Waals surface area contributed by atoms with Gasteiger partial charge in [-0.3, -0.25) is 0 Å². The lowest BCUT2D eigenvalue weighted by atomic mass is 9.58. The SMILES string of the molecule is Cc1cc(-c2cc3c(cc2Nc2ccc(N(C)C)cc2)oc2ccccc23)c2c3c1c1cc(-c4ccccc4)ccc1n3-c1cc3c(-c4ccccc4)c(-c4ccccc4)oc3cc1[B]2. The molecule has 65 heavy (non-hydrogen) atoms. The highest BCUT2D eigenvalue weighted by molar-refractivity contribution is 6.73. The summed E-state index contributed by atoms with van der Waals surface area (Å²) < 4.78 is 16.0. The third-order valence-electron chi connectivity index (χ3n) is 13.3. The van der Waals surface area contributed by atoms with Crippen molar-refractivity contribution in [3.05, 3.63) is 194 Å². The van der Waals surface area contributed by atoms with Crippen LogP contribution in [-0.4, -0.2) is 25.9 Å². The highest BCUT2D eigenvalue weighted by Gasteiger charge is 2.30. The van der Waals surface area contributed by atoms with Crippen molar-refractivity contribution >= 4 is 90.0 Å². The molecule has 1 aliphatic rings. The van der Waals surface area contributed by atoms with Gasteiger partial charge in [-0.15, -0.1) is 0 Å². The number of hydrogen-bond donors (Lipinski definition) is 1. The second-order valence-electron chi connectivity index (χ2n) is 17.5. The van der Waals surface area contributed by atoms with Crippen LogP contribution < -0.4 is 21.1 Å². The number of rotatable bonds is 7. The first kappa shape index (κ1) is 37.3. The Hall–Kier alpha value is -8.22. The summed E-state index contributed by atoms with van der Waals surface area (Å²) in [6, 6.07) is 67.3. The summed E-state index contributed by atoms with van der Waals surface area (Å²) >= 11 is 0. The molecule has 0 saturated carbocycles. The van der Waals surface area contributed by atoms with E-state index >= 15 is 0 Å². The van der Waals surface area contributed by atoms with Crippen LogP contribution in [0.5, 0.6) is 0 Å². The first-order valence-electron chi connectivity index (χ1n) is 22.2. The van der Waals surface area contributed by atoms with Crippen LogP contribution in [0.2, 0.25) is 0 Å². The molecule has 0 fully saturated rings. The van der Waals surface area contributed by atoms with Crippen molar-refractivity contribution in [1.29, 1.82) is 0 Å². The summed E-state index contributed by atoms with van der Waals surface area (Å²) in [6.45, 7) is 2.27. The summed E-state index contributed by atoms with van der Waals surface area (Å²) in [7, 11) is 6.53. The van der Waals surface area contributed by atoms with Crippen molar-refractivity contribution in [1.82, 2.24) is 4.57 Å². The van der Waals surface area contributed by atoms with Crippen molar-refractivity contribution in [2.75, 3.05) is 24.3 Å². The number of aromatic nitrogens is 1. The predicted octanol–water partition coefficient (Wildman–Crippen LogP) is 14.2. The van der Waals surface area contributed by atoms with Gasteiger partial charge in [0.15, 0.2) is 7.28 Å². The lowest BCUT2D eigenvalue weighted by Gasteiger charge is -2.25. The molecule has 12 aromatic rings. The zero-order chi connectivity index (χ0) is 43.3. The minimum atomic E-state index is 0.842. The molecular formula is C59H41BN3O2. The third kappa shape index (κ3) is 5.87. The average Bonchev–Trinajstić information content (AvgIpc) is 4.02. The van der Waals surface area contributed by atoms with Crippen molar-refractivity contribution < 1.29 is 8.83 Å². The van der Waals surface area contributed by atoms with Crippen molar-refractivity contribution in [3.63, 3.8) is 0 Å². The Kier molecular flexibility index (Phi) is 8.28. The summed E-state index contributed by atoms with van der Waals surface area (Å²) in [6.07, 6.45) is 0. The molecule has 1 radical (unpaired) electrons. The van der Waals surface area contributed by atoms with Gasteiger partial charge in [-0.05, 0) is 101 Å². The molecule has 4 heterocycles. The van der Waals surface area contributed by atoms with Gasteiger partial charge in [0.25, 0.3) is 0 Å². The fourth-order valence-corrected chi connectivity index (χ4v) is 10.3. The lowest BCUT2D eigenvalue weighted by molar-refractivity contribution is 0.632. The minimum absolute atomic E-state index is 0.842. The molecule has 3 aromatic heterocycles. The zero-order valence-corrected chi connectivity index (χ0v) is 36.2. The number of aryl methyl sites for hydroxylation is 1. The van der Waals surface area contributed by atoms with E-state index < -0.39 is 0 Å². The molecule has 0 amide bonds. The van der Waals surface area contributed by atoms with E-state index in [2.05, 4.69) is 225 Å². The van der Waals surface area contributed by atoms with Crippen LogP contribution in [0.4, 0.5) is 17.1 Å². The van der Waals surface area contributed by atoms with Gasteiger partial charge in [0, 0.05) is 86.4 Å². The molecular weight excluding hydrogens is 793 g/mol. The van der Waals surface area contributed by atoms with Gasteiger partial charge >= 0.3 is 0 Å². The molecule has 0 bridgehead atoms. The second-order valence-corrected chi connectivity index (χ2v) is 17.5. The number of benzene rings is 9. The van der Waals surface area contributed by atoms with Gasteiger partial charge in [0.2, 0.25) is 0 Å². The highest BCUT2D eigenvalue weighted by Crippen LogP contribution is 2.46. The Bertz CT molecular complexity index is 3850. The molecule has 0 aliphatic carbocycles. The number of furan rings is 2. The molecule has 0 spiro atoms. The number of para-hydroxylation sites is 1. The molecule has 6 heteroatoms. The first-order chi connectivity index (χ1) is 31.9. The molecule has 5 nitrogen and oxygen atoms in total. The van der Waals surface area contributed by atoms with Crippen molar-refractivity contribution in [3.8, 4) is 50.4 Å². The van der Waals surface area contributed by atoms with Crippen LogP contribution in [0.15, 0.2) is 197 Å². The van der Waals surface area contributed by atoms with E-state index in [4.69, 9.17) is 8.83 Å². The van der Waals surface area contributed by atoms with E-state index in [-0.39, 0.29) is 0 Å². The monoisotopic (exact) mass is 834 g/mol. The quantitative estimate of drug-likeness (QED) is 0.163. The molecule has 0 atom stereocenters. The summed E-state index contributed by atoms with van der Waals surface area (Å²) in [4.78, 5) is 2.12. The largest absolute Gasteiger partial charge is 0.456 e. The van der Waals surface area contributed by atoms with Crippen LogP contribution in [0.25, 0.3) is 105 Å². The Morgan fingerprint density at radius 3 is 1.97 bits per heavy atom. The van der Waals surface area contributed by atoms with Crippen LogP contribution in [-0.2, 0) is 0 Å². The average molecular weight is 835 g/mol. The van der Waals surface area contributed by atoms with Gasteiger partial charge in [-0.1, -0.05) is 127 Å². The summed E-state index contributed by atoms with van der Waals surface area (Å²) in [5, 5.41) is 9.58. The van der Waals surface area contributed by atoms with Crippen molar-refractivity contribution in [2.45, 2.75) is 6.92 Å². The van der Waals surface area contributed by atoms with E-state index in [0.717, 1.165) is 100 Å². The molecule has 13 rings (SSSR count). The molecule has 1 N–H and O–H groups in total. The minimum Gasteiger partial charge on any atom is -0.456 e. The summed E-state index contributed by atoms with van der Waals surface area (Å²) in [5.74, 6) is 0.869. The zero-order valence-electron chi connectivity index (χ0n) is 36.2. The number of nitrogens with zero attached hydrogens (tertiary/aromatic N) is 2. The maximum atomic E-state index is 6.97. The van der Waals surface area contributed by atoms with Gasteiger partial charge in [-0.25, -0.2) is 0 Å². The van der Waals surface area contributed by atoms with Crippen LogP contribution in [0.1, 0.15) is 5.56 Å². The number of hydrogen-bond acceptors (Lipinski definition) is 4. The highest BCUT2D eigenvalue weighted by atomic mass is 16.3. The number of anilines is 3. The maximum Gasteiger partial charge on any atom is 0.198 e. The number of nitrogens with one attached hydrogen (secondary N) is 1. The fourth-order valence-electron chi connectivity index (χ4n) is 10.3. The Morgan fingerprint density at radius 1 is 0.523 bits per heavy atom. The van der Waals surface area contributed by atoms with Gasteiger partial charge in [-0.2, -0.15) is 0 Å². The first-order valence-corrected chi connectivity index (χ1v) is 22.2. The van der Waals surface area contributed by atoms with Crippen molar-refractivity contribution in [2.24, 2.45) is 0 Å². The molecule has 0 saturated heterocycles. The Labute approximate surface area is 377 Å². The lowest BCUT2D eigenvalue weighted by Crippen LogP contribution is -2.37. The molecule has 9 aromatic carbocycles. The summed E-state index contributed by atoms with van der Waals surface area (Å²) in [5.41, 5.74) is 20.5. The molecule has 1 aliphatic heterocycles. The van der Waals surface area contributed by atoms with E-state index in [1.165, 1.54) is 38.5 Å². The smallest absolute Gasteiger partial charge is 0.198 e. The molecule has 0 unspecified atom stereocenters. The third-order valence-corrected chi connectivity index (χ3v) is 13.3. The van der Waals surface area contributed by atoms with E-state index in [1.54, 1.807) is 0 Å². The van der Waals surface area contributed by atoms with E-state index in [1.807, 2.05) is 6.07 Å². The van der Waals surface area contributed by atoms with Gasteiger partial charge in [0.05, 0.1) is 11.2 Å². The fraction of sp³-hybridized carbons (Fsp3) is 0.0508. The van der Waals surface area contributed by atoms with Gasteiger partial charge in [0.1, 0.15) is 22.5 Å².